The van der Waals surface area contributed by atoms with Crippen molar-refractivity contribution >= 4 is 39.6 Å². The van der Waals surface area contributed by atoms with Crippen LogP contribution in [-0.4, -0.2) is 65.2 Å². The fourth-order valence-corrected chi connectivity index (χ4v) is 4.84. The molecular weight excluding hydrogens is 460 g/mol. The molecule has 1 saturated heterocycles. The van der Waals surface area contributed by atoms with Gasteiger partial charge in [-0.25, -0.2) is 0 Å². The summed E-state index contributed by atoms with van der Waals surface area (Å²) in [6.07, 6.45) is 1.86. The van der Waals surface area contributed by atoms with Gasteiger partial charge in [0.2, 0.25) is 11.9 Å². The monoisotopic (exact) mass is 486 g/mol. The number of nitrogens with zero attached hydrogens (tertiary/aromatic N) is 5. The number of ether oxygens (including phenoxy) is 1. The molecule has 1 aromatic carbocycles. The van der Waals surface area contributed by atoms with Gasteiger partial charge in [0.05, 0.1) is 13.1 Å². The van der Waals surface area contributed by atoms with E-state index in [-0.39, 0.29) is 11.9 Å². The first-order valence-electron chi connectivity index (χ1n) is 10.9. The highest BCUT2D eigenvalue weighted by Crippen LogP contribution is 2.34. The Hall–Kier alpha value is -2.39. The summed E-state index contributed by atoms with van der Waals surface area (Å²) in [5.74, 6) is 2.14. The molecule has 8 nitrogen and oxygen atoms in total. The van der Waals surface area contributed by atoms with Crippen molar-refractivity contribution in [3.63, 3.8) is 0 Å². The molecule has 1 amide bonds. The van der Waals surface area contributed by atoms with Crippen LogP contribution < -0.4 is 10.2 Å². The summed E-state index contributed by atoms with van der Waals surface area (Å²) >= 11 is 3.64. The van der Waals surface area contributed by atoms with Crippen LogP contribution in [0.2, 0.25) is 0 Å². The minimum absolute atomic E-state index is 0.0342. The van der Waals surface area contributed by atoms with Crippen LogP contribution in [0.1, 0.15) is 41.4 Å². The van der Waals surface area contributed by atoms with Gasteiger partial charge in [0.15, 0.2) is 11.5 Å². The van der Waals surface area contributed by atoms with Gasteiger partial charge < -0.3 is 10.1 Å². The number of benzene rings is 1. The summed E-state index contributed by atoms with van der Waals surface area (Å²) in [5, 5.41) is 3.61. The molecule has 0 unspecified atom stereocenters. The van der Waals surface area contributed by atoms with Crippen molar-refractivity contribution in [3.8, 4) is 0 Å². The van der Waals surface area contributed by atoms with E-state index >= 15 is 0 Å². The maximum absolute atomic E-state index is 13.5. The Morgan fingerprint density at radius 2 is 2.10 bits per heavy atom. The van der Waals surface area contributed by atoms with Crippen LogP contribution >= 0.6 is 15.9 Å². The van der Waals surface area contributed by atoms with E-state index in [0.717, 1.165) is 54.5 Å². The Balaban J connectivity index is 1.59. The molecule has 164 valence electrons. The van der Waals surface area contributed by atoms with E-state index < -0.39 is 0 Å². The third kappa shape index (κ3) is 3.63. The number of fused-ring (bicyclic) bond motifs is 3. The summed E-state index contributed by atoms with van der Waals surface area (Å²) in [7, 11) is 0. The molecule has 0 radical (unpaired) electrons. The second kappa shape index (κ2) is 8.27. The molecule has 3 aliphatic heterocycles. The molecule has 4 heterocycles. The lowest BCUT2D eigenvalue weighted by Gasteiger charge is -2.32. The summed E-state index contributed by atoms with van der Waals surface area (Å²) < 4.78 is 8.62. The summed E-state index contributed by atoms with van der Waals surface area (Å²) in [5.41, 5.74) is 2.93. The lowest BCUT2D eigenvalue weighted by Crippen LogP contribution is -2.50. The normalized spacial score (nSPS) is 18.8. The average Bonchev–Trinajstić information content (AvgIpc) is 3.38. The first-order valence-corrected chi connectivity index (χ1v) is 11.7. The van der Waals surface area contributed by atoms with Gasteiger partial charge in [-0.3, -0.25) is 24.2 Å². The molecule has 0 saturated carbocycles. The fourth-order valence-electron chi connectivity index (χ4n) is 4.42. The van der Waals surface area contributed by atoms with Crippen molar-refractivity contribution in [2.75, 3.05) is 43.1 Å². The molecule has 0 bridgehead atoms. The number of halogens is 1. The van der Waals surface area contributed by atoms with Crippen LogP contribution in [0.5, 0.6) is 0 Å². The number of guanidine groups is 1. The van der Waals surface area contributed by atoms with E-state index in [1.807, 2.05) is 11.5 Å². The van der Waals surface area contributed by atoms with Gasteiger partial charge >= 0.3 is 0 Å². The second-order valence-electron chi connectivity index (χ2n) is 8.19. The fraction of sp³-hybridized carbons (Fsp3) is 0.500. The van der Waals surface area contributed by atoms with Crippen molar-refractivity contribution < 1.29 is 9.53 Å². The number of anilines is 2. The molecule has 2 aromatic rings. The van der Waals surface area contributed by atoms with Gasteiger partial charge in [0.25, 0.3) is 5.91 Å². The zero-order valence-corrected chi connectivity index (χ0v) is 19.5. The number of rotatable bonds is 5. The second-order valence-corrected chi connectivity index (χ2v) is 9.05. The Labute approximate surface area is 190 Å². The first kappa shape index (κ1) is 20.5. The predicted octanol–water partition coefficient (Wildman–Crippen LogP) is 3.24. The minimum Gasteiger partial charge on any atom is -0.381 e. The molecule has 5 rings (SSSR count). The zero-order chi connectivity index (χ0) is 21.5. The molecule has 0 spiro atoms. The Morgan fingerprint density at radius 1 is 1.29 bits per heavy atom. The molecule has 0 aliphatic carbocycles. The number of aromatic nitrogens is 2. The number of hydrogen-bond donors (Lipinski definition) is 1. The molecule has 0 atom stereocenters. The van der Waals surface area contributed by atoms with Gasteiger partial charge in [-0.2, -0.15) is 4.98 Å². The smallest absolute Gasteiger partial charge is 0.281 e. The number of carbonyl (C=O) groups excluding carboxylic acids is 1. The molecule has 1 N–H and O–H groups in total. The van der Waals surface area contributed by atoms with Gasteiger partial charge in [-0.1, -0.05) is 28.1 Å². The lowest BCUT2D eigenvalue weighted by molar-refractivity contribution is 0.0835. The van der Waals surface area contributed by atoms with Gasteiger partial charge in [0.1, 0.15) is 0 Å². The van der Waals surface area contributed by atoms with Gasteiger partial charge in [0, 0.05) is 36.8 Å². The number of nitrogens with one attached hydrogen (secondary N) is 1. The van der Waals surface area contributed by atoms with Crippen LogP contribution in [0.25, 0.3) is 0 Å². The minimum atomic E-state index is -0.0342. The molecule has 9 heteroatoms. The van der Waals surface area contributed by atoms with Crippen molar-refractivity contribution in [2.24, 2.45) is 4.99 Å². The summed E-state index contributed by atoms with van der Waals surface area (Å²) in [4.78, 5) is 26.9. The summed E-state index contributed by atoms with van der Waals surface area (Å²) in [6, 6.07) is 6.61. The van der Waals surface area contributed by atoms with Crippen molar-refractivity contribution in [1.29, 1.82) is 0 Å². The third-order valence-electron chi connectivity index (χ3n) is 6.16. The summed E-state index contributed by atoms with van der Waals surface area (Å²) in [6.45, 7) is 8.12. The van der Waals surface area contributed by atoms with Crippen molar-refractivity contribution in [3.05, 3.63) is 39.5 Å². The molecule has 1 aromatic heterocycles. The standard InChI is InChI=1S/C22H27BrN6O2/c1-3-27-20(30)18-19(28-9-8-24-22(27)28)26-21(25-16-6-10-31-11-7-16)29(18)13-15-5-4-14(2)17(23)12-15/h4-5,12,16H,3,6-11,13H2,1-2H3,(H,25,26). The number of carbonyl (C=O) groups is 1. The topological polar surface area (TPSA) is 75.0 Å². The highest BCUT2D eigenvalue weighted by atomic mass is 79.9. The Morgan fingerprint density at radius 3 is 2.84 bits per heavy atom. The highest BCUT2D eigenvalue weighted by Gasteiger charge is 2.41. The highest BCUT2D eigenvalue weighted by molar-refractivity contribution is 9.10. The van der Waals surface area contributed by atoms with Crippen LogP contribution in [0, 0.1) is 6.92 Å². The molecule has 31 heavy (non-hydrogen) atoms. The van der Waals surface area contributed by atoms with Crippen LogP contribution in [0.4, 0.5) is 11.8 Å². The Kier molecular flexibility index (Phi) is 5.47. The molecule has 1 fully saturated rings. The van der Waals surface area contributed by atoms with Gasteiger partial charge in [-0.05, 0) is 43.9 Å². The van der Waals surface area contributed by atoms with E-state index in [1.165, 1.54) is 5.56 Å². The first-order chi connectivity index (χ1) is 15.1. The van der Waals surface area contributed by atoms with E-state index in [4.69, 9.17) is 9.72 Å². The third-order valence-corrected chi connectivity index (χ3v) is 7.01. The SMILES string of the molecule is CCN1C(=O)c2c(nc(NC3CCOCC3)n2Cc2ccc(C)c(Br)c2)N2CCN=C12. The number of aliphatic imine (C=N–C) groups is 1. The number of amides is 1. The van der Waals surface area contributed by atoms with Crippen molar-refractivity contribution in [1.82, 2.24) is 14.5 Å². The van der Waals surface area contributed by atoms with E-state index in [9.17, 15) is 4.79 Å². The zero-order valence-electron chi connectivity index (χ0n) is 17.9. The van der Waals surface area contributed by atoms with E-state index in [0.29, 0.717) is 31.1 Å². The molecule has 3 aliphatic rings. The average molecular weight is 487 g/mol. The van der Waals surface area contributed by atoms with Crippen LogP contribution in [0.3, 0.4) is 0 Å². The largest absolute Gasteiger partial charge is 0.381 e. The van der Waals surface area contributed by atoms with Crippen LogP contribution in [0.15, 0.2) is 27.7 Å². The van der Waals surface area contributed by atoms with Crippen molar-refractivity contribution in [2.45, 2.75) is 39.3 Å². The maximum Gasteiger partial charge on any atom is 0.281 e. The predicted molar refractivity (Wildman–Crippen MR) is 124 cm³/mol. The number of hydrogen-bond acceptors (Lipinski definition) is 6. The van der Waals surface area contributed by atoms with Gasteiger partial charge in [-0.15, -0.1) is 0 Å². The quantitative estimate of drug-likeness (QED) is 0.701. The van der Waals surface area contributed by atoms with E-state index in [2.05, 4.69) is 56.3 Å². The lowest BCUT2D eigenvalue weighted by atomic mass is 10.1. The Bertz CT molecular complexity index is 1040. The van der Waals surface area contributed by atoms with E-state index in [1.54, 1.807) is 4.90 Å². The van der Waals surface area contributed by atoms with Crippen LogP contribution in [-0.2, 0) is 11.3 Å². The number of aryl methyl sites for hydroxylation is 1. The molecular formula is C22H27BrN6O2. The maximum atomic E-state index is 13.5. The number of imidazole rings is 1.